The van der Waals surface area contributed by atoms with Crippen LogP contribution in [0.5, 0.6) is 0 Å². The van der Waals surface area contributed by atoms with Crippen LogP contribution in [0.4, 0.5) is 0 Å². The highest BCUT2D eigenvalue weighted by Gasteiger charge is 2.31. The molecule has 1 saturated carbocycles. The van der Waals surface area contributed by atoms with Crippen LogP contribution in [0.3, 0.4) is 0 Å². The second-order valence-electron chi connectivity index (χ2n) is 7.00. The molecule has 2 heteroatoms. The average molecular weight is 252 g/mol. The van der Waals surface area contributed by atoms with Gasteiger partial charge in [-0.15, -0.1) is 0 Å². The maximum absolute atomic E-state index is 3.73. The zero-order valence-corrected chi connectivity index (χ0v) is 12.7. The summed E-state index contributed by atoms with van der Waals surface area (Å²) in [5.41, 5.74) is 0.476. The van der Waals surface area contributed by atoms with Crippen LogP contribution in [0, 0.1) is 11.3 Å². The molecule has 2 nitrogen and oxygen atoms in total. The third-order valence-corrected chi connectivity index (χ3v) is 4.92. The first-order chi connectivity index (χ1) is 8.65. The maximum atomic E-state index is 3.73. The monoisotopic (exact) mass is 252 g/mol. The summed E-state index contributed by atoms with van der Waals surface area (Å²) in [4.78, 5) is 2.72. The van der Waals surface area contributed by atoms with Gasteiger partial charge in [-0.1, -0.05) is 27.2 Å². The molecule has 1 N–H and O–H groups in total. The summed E-state index contributed by atoms with van der Waals surface area (Å²) in [7, 11) is 0. The van der Waals surface area contributed by atoms with E-state index in [4.69, 9.17) is 0 Å². The highest BCUT2D eigenvalue weighted by atomic mass is 15.2. The predicted octanol–water partition coefficient (Wildman–Crippen LogP) is 3.28. The molecule has 0 aromatic carbocycles. The summed E-state index contributed by atoms with van der Waals surface area (Å²) in [5.74, 6) is 0.979. The van der Waals surface area contributed by atoms with Crippen LogP contribution in [0.1, 0.15) is 59.3 Å². The molecule has 2 unspecified atom stereocenters. The third-order valence-electron chi connectivity index (χ3n) is 4.92. The molecule has 0 amide bonds. The molecule has 2 fully saturated rings. The number of rotatable bonds is 8. The van der Waals surface area contributed by atoms with Crippen molar-refractivity contribution >= 4 is 0 Å². The summed E-state index contributed by atoms with van der Waals surface area (Å²) in [6, 6.07) is 0.849. The van der Waals surface area contributed by atoms with E-state index in [-0.39, 0.29) is 0 Å². The Morgan fingerprint density at radius 1 is 1.22 bits per heavy atom. The highest BCUT2D eigenvalue weighted by Crippen LogP contribution is 2.29. The molecule has 0 radical (unpaired) electrons. The highest BCUT2D eigenvalue weighted by molar-refractivity contribution is 4.88. The van der Waals surface area contributed by atoms with Gasteiger partial charge in [-0.2, -0.15) is 0 Å². The lowest BCUT2D eigenvalue weighted by molar-refractivity contribution is 0.174. The average Bonchev–Trinajstić information content (AvgIpc) is 3.10. The molecule has 2 atom stereocenters. The topological polar surface area (TPSA) is 15.3 Å². The zero-order chi connectivity index (χ0) is 13.0. The molecule has 1 saturated heterocycles. The fraction of sp³-hybridized carbons (Fsp3) is 1.00. The number of likely N-dealkylation sites (tertiary alicyclic amines) is 1. The summed E-state index contributed by atoms with van der Waals surface area (Å²) in [6.07, 6.45) is 8.32. The fourth-order valence-electron chi connectivity index (χ4n) is 3.21. The largest absolute Gasteiger partial charge is 0.313 e. The van der Waals surface area contributed by atoms with Crippen LogP contribution in [0.15, 0.2) is 0 Å². The van der Waals surface area contributed by atoms with E-state index in [1.807, 2.05) is 0 Å². The van der Waals surface area contributed by atoms with Crippen LogP contribution in [0.25, 0.3) is 0 Å². The van der Waals surface area contributed by atoms with Crippen molar-refractivity contribution in [1.82, 2.24) is 10.2 Å². The van der Waals surface area contributed by atoms with Crippen LogP contribution >= 0.6 is 0 Å². The summed E-state index contributed by atoms with van der Waals surface area (Å²) in [5, 5.41) is 3.73. The van der Waals surface area contributed by atoms with E-state index in [9.17, 15) is 0 Å². The van der Waals surface area contributed by atoms with E-state index < -0.39 is 0 Å². The lowest BCUT2D eigenvalue weighted by Crippen LogP contribution is -2.42. The van der Waals surface area contributed by atoms with Crippen molar-refractivity contribution in [2.24, 2.45) is 11.3 Å². The van der Waals surface area contributed by atoms with Crippen molar-refractivity contribution in [3.05, 3.63) is 0 Å². The van der Waals surface area contributed by atoms with Gasteiger partial charge in [0.05, 0.1) is 0 Å². The van der Waals surface area contributed by atoms with Crippen LogP contribution in [-0.4, -0.2) is 37.1 Å². The van der Waals surface area contributed by atoms with Crippen molar-refractivity contribution in [3.63, 3.8) is 0 Å². The summed E-state index contributed by atoms with van der Waals surface area (Å²) >= 11 is 0. The molecule has 18 heavy (non-hydrogen) atoms. The van der Waals surface area contributed by atoms with Gasteiger partial charge >= 0.3 is 0 Å². The van der Waals surface area contributed by atoms with Gasteiger partial charge in [0.15, 0.2) is 0 Å². The standard InChI is InChI=1S/C16H32N2/c1-4-6-14-9-10-18(11-14)13-16(3,5-2)12-17-15-7-8-15/h14-15,17H,4-13H2,1-3H3. The first-order valence-electron chi connectivity index (χ1n) is 8.11. The number of nitrogens with zero attached hydrogens (tertiary/aromatic N) is 1. The van der Waals surface area contributed by atoms with Crippen molar-refractivity contribution in [2.45, 2.75) is 65.3 Å². The number of nitrogens with one attached hydrogen (secondary N) is 1. The van der Waals surface area contributed by atoms with E-state index in [2.05, 4.69) is 31.0 Å². The molecule has 2 aliphatic rings. The van der Waals surface area contributed by atoms with E-state index in [1.54, 1.807) is 0 Å². The Balaban J connectivity index is 1.74. The minimum atomic E-state index is 0.476. The van der Waals surface area contributed by atoms with Gasteiger partial charge in [0.1, 0.15) is 0 Å². The Labute approximate surface area is 114 Å². The van der Waals surface area contributed by atoms with Crippen molar-refractivity contribution in [3.8, 4) is 0 Å². The Kier molecular flexibility index (Phi) is 5.08. The van der Waals surface area contributed by atoms with E-state index in [1.165, 1.54) is 64.7 Å². The van der Waals surface area contributed by atoms with Gasteiger partial charge in [0.25, 0.3) is 0 Å². The van der Waals surface area contributed by atoms with Gasteiger partial charge in [-0.05, 0) is 50.0 Å². The molecular formula is C16H32N2. The zero-order valence-electron chi connectivity index (χ0n) is 12.7. The Bertz CT molecular complexity index is 249. The number of hydrogen-bond donors (Lipinski definition) is 1. The summed E-state index contributed by atoms with van der Waals surface area (Å²) in [6.45, 7) is 12.3. The van der Waals surface area contributed by atoms with Gasteiger partial charge in [0.2, 0.25) is 0 Å². The number of hydrogen-bond acceptors (Lipinski definition) is 2. The fourth-order valence-corrected chi connectivity index (χ4v) is 3.21. The minimum absolute atomic E-state index is 0.476. The maximum Gasteiger partial charge on any atom is 0.00684 e. The molecule has 0 aromatic heterocycles. The van der Waals surface area contributed by atoms with Gasteiger partial charge in [0, 0.05) is 25.7 Å². The smallest absolute Gasteiger partial charge is 0.00684 e. The molecule has 0 bridgehead atoms. The SMILES string of the molecule is CCCC1CCN(CC(C)(CC)CNC2CC2)C1. The van der Waals surface area contributed by atoms with Crippen LogP contribution in [0.2, 0.25) is 0 Å². The second kappa shape index (κ2) is 6.38. The first kappa shape index (κ1) is 14.3. The van der Waals surface area contributed by atoms with Crippen molar-refractivity contribution in [2.75, 3.05) is 26.2 Å². The lowest BCUT2D eigenvalue weighted by atomic mass is 9.86. The predicted molar refractivity (Wildman–Crippen MR) is 78.9 cm³/mol. The first-order valence-corrected chi connectivity index (χ1v) is 8.11. The van der Waals surface area contributed by atoms with Gasteiger partial charge in [-0.25, -0.2) is 0 Å². The van der Waals surface area contributed by atoms with Gasteiger partial charge < -0.3 is 10.2 Å². The van der Waals surface area contributed by atoms with Crippen molar-refractivity contribution < 1.29 is 0 Å². The minimum Gasteiger partial charge on any atom is -0.313 e. The van der Waals surface area contributed by atoms with Crippen LogP contribution < -0.4 is 5.32 Å². The lowest BCUT2D eigenvalue weighted by Gasteiger charge is -2.33. The third kappa shape index (κ3) is 4.24. The molecule has 2 rings (SSSR count). The molecule has 0 spiro atoms. The molecule has 1 aliphatic carbocycles. The Morgan fingerprint density at radius 3 is 2.61 bits per heavy atom. The Hall–Kier alpha value is -0.0800. The Morgan fingerprint density at radius 2 is 2.00 bits per heavy atom. The second-order valence-corrected chi connectivity index (χ2v) is 7.00. The molecule has 1 aliphatic heterocycles. The summed E-state index contributed by atoms with van der Waals surface area (Å²) < 4.78 is 0. The van der Waals surface area contributed by atoms with Crippen molar-refractivity contribution in [1.29, 1.82) is 0 Å². The molecule has 1 heterocycles. The molecular weight excluding hydrogens is 220 g/mol. The molecule has 0 aromatic rings. The van der Waals surface area contributed by atoms with Gasteiger partial charge in [-0.3, -0.25) is 0 Å². The van der Waals surface area contributed by atoms with E-state index in [0.717, 1.165) is 12.0 Å². The quantitative estimate of drug-likeness (QED) is 0.713. The normalized spacial score (nSPS) is 28.5. The van der Waals surface area contributed by atoms with E-state index in [0.29, 0.717) is 5.41 Å². The van der Waals surface area contributed by atoms with E-state index >= 15 is 0 Å². The van der Waals surface area contributed by atoms with Crippen LogP contribution in [-0.2, 0) is 0 Å². The molecule has 106 valence electrons.